The maximum absolute atomic E-state index is 11.8. The van der Waals surface area contributed by atoms with E-state index in [1.54, 1.807) is 12.1 Å². The number of ether oxygens (including phenoxy) is 1. The molecule has 19 heavy (non-hydrogen) atoms. The van der Waals surface area contributed by atoms with Crippen LogP contribution in [0.1, 0.15) is 30.1 Å². The number of carbonyl (C=O) groups excluding carboxylic acids is 1. The van der Waals surface area contributed by atoms with Gasteiger partial charge in [-0.3, -0.25) is 0 Å². The average Bonchev–Trinajstić information content (AvgIpc) is 2.43. The summed E-state index contributed by atoms with van der Waals surface area (Å²) in [4.78, 5) is 11.8. The Balaban J connectivity index is 1.76. The SMILES string of the molecule is CC1CC[N+](C)(CCOC(=O)c2ccccc2)CC1. The number of carbonyl (C=O) groups is 1. The Labute approximate surface area is 115 Å². The van der Waals surface area contributed by atoms with E-state index >= 15 is 0 Å². The number of esters is 1. The second-order valence-electron chi connectivity index (χ2n) is 5.97. The van der Waals surface area contributed by atoms with Gasteiger partial charge in [0.25, 0.3) is 0 Å². The number of nitrogens with zero attached hydrogens (tertiary/aromatic N) is 1. The van der Waals surface area contributed by atoms with Gasteiger partial charge in [0, 0.05) is 0 Å². The Kier molecular flexibility index (Phi) is 4.59. The largest absolute Gasteiger partial charge is 0.456 e. The van der Waals surface area contributed by atoms with E-state index in [0.717, 1.165) is 16.9 Å². The summed E-state index contributed by atoms with van der Waals surface area (Å²) in [7, 11) is 2.27. The first-order valence-electron chi connectivity index (χ1n) is 7.15. The molecule has 0 aliphatic carbocycles. The lowest BCUT2D eigenvalue weighted by Gasteiger charge is -2.39. The van der Waals surface area contributed by atoms with Crippen LogP contribution in [0.2, 0.25) is 0 Å². The maximum Gasteiger partial charge on any atom is 0.338 e. The van der Waals surface area contributed by atoms with E-state index in [9.17, 15) is 4.79 Å². The van der Waals surface area contributed by atoms with E-state index in [0.29, 0.717) is 12.2 Å². The number of likely N-dealkylation sites (N-methyl/N-ethyl adjacent to an activating group) is 1. The number of hydrogen-bond donors (Lipinski definition) is 0. The molecule has 0 N–H and O–H groups in total. The Morgan fingerprint density at radius 2 is 1.89 bits per heavy atom. The second-order valence-corrected chi connectivity index (χ2v) is 5.97. The predicted octanol–water partition coefficient (Wildman–Crippen LogP) is 2.72. The smallest absolute Gasteiger partial charge is 0.338 e. The van der Waals surface area contributed by atoms with E-state index in [1.165, 1.54) is 25.9 Å². The molecule has 3 nitrogen and oxygen atoms in total. The Morgan fingerprint density at radius 3 is 2.53 bits per heavy atom. The number of hydrogen-bond acceptors (Lipinski definition) is 2. The lowest BCUT2D eigenvalue weighted by molar-refractivity contribution is -0.915. The molecule has 104 valence electrons. The summed E-state index contributed by atoms with van der Waals surface area (Å²) in [5.74, 6) is 0.635. The van der Waals surface area contributed by atoms with Gasteiger partial charge in [-0.1, -0.05) is 25.1 Å². The van der Waals surface area contributed by atoms with Gasteiger partial charge < -0.3 is 9.22 Å². The highest BCUT2D eigenvalue weighted by Crippen LogP contribution is 2.21. The van der Waals surface area contributed by atoms with Crippen molar-refractivity contribution >= 4 is 5.97 Å². The van der Waals surface area contributed by atoms with Crippen molar-refractivity contribution in [3.05, 3.63) is 35.9 Å². The summed E-state index contributed by atoms with van der Waals surface area (Å²) < 4.78 is 6.40. The number of piperidine rings is 1. The van der Waals surface area contributed by atoms with Gasteiger partial charge >= 0.3 is 5.97 Å². The van der Waals surface area contributed by atoms with Crippen molar-refractivity contribution in [2.75, 3.05) is 33.3 Å². The van der Waals surface area contributed by atoms with Crippen LogP contribution in [-0.2, 0) is 4.74 Å². The molecular weight excluding hydrogens is 238 g/mol. The Hall–Kier alpha value is -1.35. The minimum Gasteiger partial charge on any atom is -0.456 e. The van der Waals surface area contributed by atoms with Crippen LogP contribution >= 0.6 is 0 Å². The molecule has 1 aliphatic heterocycles. The number of rotatable bonds is 4. The van der Waals surface area contributed by atoms with Crippen molar-refractivity contribution < 1.29 is 14.0 Å². The van der Waals surface area contributed by atoms with Crippen LogP contribution in [0, 0.1) is 5.92 Å². The zero-order valence-corrected chi connectivity index (χ0v) is 12.0. The number of benzene rings is 1. The third-order valence-corrected chi connectivity index (χ3v) is 4.20. The first-order chi connectivity index (χ1) is 9.09. The van der Waals surface area contributed by atoms with Crippen LogP contribution in [0.15, 0.2) is 30.3 Å². The summed E-state index contributed by atoms with van der Waals surface area (Å²) in [5, 5.41) is 0. The molecule has 0 aromatic heterocycles. The molecule has 0 saturated carbocycles. The highest BCUT2D eigenvalue weighted by molar-refractivity contribution is 5.89. The molecule has 1 saturated heterocycles. The fourth-order valence-electron chi connectivity index (χ4n) is 2.56. The van der Waals surface area contributed by atoms with Crippen molar-refractivity contribution in [2.45, 2.75) is 19.8 Å². The average molecular weight is 262 g/mol. The van der Waals surface area contributed by atoms with Gasteiger partial charge in [0.15, 0.2) is 0 Å². The lowest BCUT2D eigenvalue weighted by Crippen LogP contribution is -2.51. The van der Waals surface area contributed by atoms with Crippen molar-refractivity contribution in [3.63, 3.8) is 0 Å². The van der Waals surface area contributed by atoms with Gasteiger partial charge in [-0.05, 0) is 30.9 Å². The van der Waals surface area contributed by atoms with Crippen molar-refractivity contribution in [1.82, 2.24) is 0 Å². The molecule has 0 unspecified atom stereocenters. The zero-order chi connectivity index (χ0) is 13.7. The van der Waals surface area contributed by atoms with Crippen LogP contribution in [0.25, 0.3) is 0 Å². The van der Waals surface area contributed by atoms with Crippen molar-refractivity contribution in [3.8, 4) is 0 Å². The van der Waals surface area contributed by atoms with Gasteiger partial charge in [0.1, 0.15) is 13.2 Å². The maximum atomic E-state index is 11.8. The summed E-state index contributed by atoms with van der Waals surface area (Å²) in [6, 6.07) is 9.20. The van der Waals surface area contributed by atoms with Gasteiger partial charge in [-0.15, -0.1) is 0 Å². The van der Waals surface area contributed by atoms with Gasteiger partial charge in [0.05, 0.1) is 25.7 Å². The van der Waals surface area contributed by atoms with Gasteiger partial charge in [-0.2, -0.15) is 0 Å². The molecule has 1 aliphatic rings. The van der Waals surface area contributed by atoms with E-state index in [4.69, 9.17) is 4.74 Å². The molecule has 1 aromatic carbocycles. The van der Waals surface area contributed by atoms with Crippen LogP contribution < -0.4 is 0 Å². The standard InChI is InChI=1S/C16H24NO2/c1-14-8-10-17(2,11-9-14)12-13-19-16(18)15-6-4-3-5-7-15/h3-7,14H,8-13H2,1-2H3/q+1. The van der Waals surface area contributed by atoms with Crippen LogP contribution in [0.4, 0.5) is 0 Å². The first-order valence-corrected chi connectivity index (χ1v) is 7.15. The minimum absolute atomic E-state index is 0.211. The molecule has 1 aromatic rings. The molecule has 0 bridgehead atoms. The second kappa shape index (κ2) is 6.20. The number of likely N-dealkylation sites (tertiary alicyclic amines) is 1. The summed E-state index contributed by atoms with van der Waals surface area (Å²) >= 11 is 0. The van der Waals surface area contributed by atoms with Crippen LogP contribution in [-0.4, -0.2) is 43.7 Å². The van der Waals surface area contributed by atoms with Gasteiger partial charge in [-0.25, -0.2) is 4.79 Å². The highest BCUT2D eigenvalue weighted by Gasteiger charge is 2.28. The molecule has 0 radical (unpaired) electrons. The van der Waals surface area contributed by atoms with E-state index in [2.05, 4.69) is 14.0 Å². The monoisotopic (exact) mass is 262 g/mol. The van der Waals surface area contributed by atoms with Gasteiger partial charge in [0.2, 0.25) is 0 Å². The molecular formula is C16H24NO2+. The molecule has 3 heteroatoms. The summed E-state index contributed by atoms with van der Waals surface area (Å²) in [5.41, 5.74) is 0.636. The molecule has 1 heterocycles. The predicted molar refractivity (Wildman–Crippen MR) is 75.9 cm³/mol. The fraction of sp³-hybridized carbons (Fsp3) is 0.562. The summed E-state index contributed by atoms with van der Waals surface area (Å²) in [6.07, 6.45) is 2.56. The van der Waals surface area contributed by atoms with Crippen molar-refractivity contribution in [2.24, 2.45) is 5.92 Å². The highest BCUT2D eigenvalue weighted by atomic mass is 16.5. The van der Waals surface area contributed by atoms with E-state index in [1.807, 2.05) is 18.2 Å². The normalized spacial score (nSPS) is 26.9. The Bertz CT molecular complexity index is 408. The van der Waals surface area contributed by atoms with Crippen LogP contribution in [0.5, 0.6) is 0 Å². The zero-order valence-electron chi connectivity index (χ0n) is 12.0. The minimum atomic E-state index is -0.211. The fourth-order valence-corrected chi connectivity index (χ4v) is 2.56. The van der Waals surface area contributed by atoms with E-state index < -0.39 is 0 Å². The quantitative estimate of drug-likeness (QED) is 0.616. The topological polar surface area (TPSA) is 26.3 Å². The molecule has 0 spiro atoms. The lowest BCUT2D eigenvalue weighted by atomic mass is 9.97. The summed E-state index contributed by atoms with van der Waals surface area (Å²) in [6.45, 7) is 6.15. The van der Waals surface area contributed by atoms with Crippen LogP contribution in [0.3, 0.4) is 0 Å². The Morgan fingerprint density at radius 1 is 1.26 bits per heavy atom. The molecule has 1 fully saturated rings. The number of quaternary nitrogens is 1. The van der Waals surface area contributed by atoms with Crippen molar-refractivity contribution in [1.29, 1.82) is 0 Å². The third kappa shape index (κ3) is 4.06. The molecule has 0 amide bonds. The molecule has 2 rings (SSSR count). The third-order valence-electron chi connectivity index (χ3n) is 4.20. The van der Waals surface area contributed by atoms with E-state index in [-0.39, 0.29) is 5.97 Å². The first kappa shape index (κ1) is 14.1. The molecule has 0 atom stereocenters.